The molecule has 1 N–H and O–H groups in total. The molecule has 0 saturated carbocycles. The van der Waals surface area contributed by atoms with Gasteiger partial charge in [0.25, 0.3) is 5.91 Å². The minimum absolute atomic E-state index is 0.319. The van der Waals surface area contributed by atoms with Crippen molar-refractivity contribution in [3.63, 3.8) is 0 Å². The number of carbonyl (C=O) groups excluding carboxylic acids is 1. The summed E-state index contributed by atoms with van der Waals surface area (Å²) in [7, 11) is 0. The van der Waals surface area contributed by atoms with Gasteiger partial charge in [-0.1, -0.05) is 36.9 Å². The maximum absolute atomic E-state index is 12.3. The number of carbonyl (C=O) groups is 1. The van der Waals surface area contributed by atoms with E-state index >= 15 is 0 Å². The van der Waals surface area contributed by atoms with Crippen LogP contribution >= 0.6 is 0 Å². The molecule has 0 atom stereocenters. The molecule has 0 heterocycles. The fraction of sp³-hybridized carbons (Fsp3) is 0.238. The lowest BCUT2D eigenvalue weighted by molar-refractivity contribution is 0.0951. The van der Waals surface area contributed by atoms with Crippen molar-refractivity contribution in [1.29, 1.82) is 0 Å². The minimum atomic E-state index is -0.319. The summed E-state index contributed by atoms with van der Waals surface area (Å²) < 4.78 is 5.49. The lowest BCUT2D eigenvalue weighted by Gasteiger charge is -2.20. The molecule has 0 spiro atoms. The van der Waals surface area contributed by atoms with E-state index in [4.69, 9.17) is 4.74 Å². The maximum atomic E-state index is 12.3. The summed E-state index contributed by atoms with van der Waals surface area (Å²) in [5, 5.41) is 4.04. The van der Waals surface area contributed by atoms with Crippen LogP contribution in [-0.2, 0) is 0 Å². The van der Waals surface area contributed by atoms with Crippen LogP contribution < -0.4 is 15.1 Å². The van der Waals surface area contributed by atoms with Crippen LogP contribution in [0.2, 0.25) is 0 Å². The zero-order valence-electron chi connectivity index (χ0n) is 15.3. The van der Waals surface area contributed by atoms with E-state index in [1.54, 1.807) is 30.5 Å². The number of ether oxygens (including phenoxy) is 1. The Labute approximate surface area is 155 Å². The number of hydrogen-bond donors (Lipinski definition) is 1. The standard InChI is InChI=1S/C21H25N3O2/c1-4-15-26-20-10-8-7-9-19(20)21(25)23-22-16-17-11-13-18(14-12-17)24(5-2)6-3/h4,7-14,16H,1,5-6,15H2,2-3H3,(H,23,25)/b22-16+. The number of hydrazone groups is 1. The third-order valence-corrected chi connectivity index (χ3v) is 3.89. The summed E-state index contributed by atoms with van der Waals surface area (Å²) in [4.78, 5) is 14.6. The summed E-state index contributed by atoms with van der Waals surface area (Å²) in [6.45, 7) is 10.1. The third kappa shape index (κ3) is 5.21. The molecule has 2 rings (SSSR count). The van der Waals surface area contributed by atoms with Crippen molar-refractivity contribution in [2.45, 2.75) is 13.8 Å². The fourth-order valence-corrected chi connectivity index (χ4v) is 2.51. The van der Waals surface area contributed by atoms with Crippen molar-refractivity contribution in [2.75, 3.05) is 24.6 Å². The molecule has 136 valence electrons. The van der Waals surface area contributed by atoms with Gasteiger partial charge >= 0.3 is 0 Å². The van der Waals surface area contributed by atoms with Gasteiger partial charge in [-0.2, -0.15) is 5.10 Å². The number of nitrogens with one attached hydrogen (secondary N) is 1. The van der Waals surface area contributed by atoms with Crippen molar-refractivity contribution in [2.24, 2.45) is 5.10 Å². The van der Waals surface area contributed by atoms with E-state index in [0.29, 0.717) is 17.9 Å². The Morgan fingerprint density at radius 2 is 1.85 bits per heavy atom. The van der Waals surface area contributed by atoms with Crippen molar-refractivity contribution in [3.8, 4) is 5.75 Å². The Bertz CT molecular complexity index is 750. The van der Waals surface area contributed by atoms with Gasteiger partial charge in [0.2, 0.25) is 0 Å². The van der Waals surface area contributed by atoms with Crippen molar-refractivity contribution in [3.05, 3.63) is 72.3 Å². The van der Waals surface area contributed by atoms with E-state index < -0.39 is 0 Å². The molecule has 0 aliphatic carbocycles. The lowest BCUT2D eigenvalue weighted by Crippen LogP contribution is -2.21. The molecule has 2 aromatic rings. The molecule has 0 aliphatic rings. The van der Waals surface area contributed by atoms with Crippen LogP contribution in [0.5, 0.6) is 5.75 Å². The van der Waals surface area contributed by atoms with Crippen LogP contribution in [0.4, 0.5) is 5.69 Å². The van der Waals surface area contributed by atoms with E-state index in [1.165, 1.54) is 5.69 Å². The van der Waals surface area contributed by atoms with E-state index in [2.05, 4.69) is 48.0 Å². The molecule has 0 fully saturated rings. The second-order valence-corrected chi connectivity index (χ2v) is 5.56. The topological polar surface area (TPSA) is 53.9 Å². The summed E-state index contributed by atoms with van der Waals surface area (Å²) in [6, 6.07) is 15.1. The zero-order valence-corrected chi connectivity index (χ0v) is 15.3. The van der Waals surface area contributed by atoms with Crippen molar-refractivity contribution >= 4 is 17.8 Å². The number of amides is 1. The van der Waals surface area contributed by atoms with Gasteiger partial charge in [-0.05, 0) is 43.7 Å². The van der Waals surface area contributed by atoms with Gasteiger partial charge in [-0.25, -0.2) is 5.43 Å². The second kappa shape index (κ2) is 10.0. The molecule has 26 heavy (non-hydrogen) atoms. The number of anilines is 1. The molecule has 0 radical (unpaired) electrons. The first-order valence-corrected chi connectivity index (χ1v) is 8.70. The second-order valence-electron chi connectivity index (χ2n) is 5.56. The van der Waals surface area contributed by atoms with E-state index in [0.717, 1.165) is 18.7 Å². The van der Waals surface area contributed by atoms with Crippen LogP contribution in [0, 0.1) is 0 Å². The molecule has 2 aromatic carbocycles. The quantitative estimate of drug-likeness (QED) is 0.424. The highest BCUT2D eigenvalue weighted by Gasteiger charge is 2.10. The summed E-state index contributed by atoms with van der Waals surface area (Å²) >= 11 is 0. The SMILES string of the molecule is C=CCOc1ccccc1C(=O)N/N=C/c1ccc(N(CC)CC)cc1. The number of nitrogens with zero attached hydrogens (tertiary/aromatic N) is 2. The largest absolute Gasteiger partial charge is 0.489 e. The molecule has 0 aromatic heterocycles. The smallest absolute Gasteiger partial charge is 0.275 e. The normalized spacial score (nSPS) is 10.5. The third-order valence-electron chi connectivity index (χ3n) is 3.89. The fourth-order valence-electron chi connectivity index (χ4n) is 2.51. The molecule has 0 unspecified atom stereocenters. The predicted octanol–water partition coefficient (Wildman–Crippen LogP) is 3.86. The lowest BCUT2D eigenvalue weighted by atomic mass is 10.2. The van der Waals surface area contributed by atoms with Crippen LogP contribution in [-0.4, -0.2) is 31.8 Å². The zero-order chi connectivity index (χ0) is 18.8. The number of hydrogen-bond acceptors (Lipinski definition) is 4. The van der Waals surface area contributed by atoms with Gasteiger partial charge in [-0.3, -0.25) is 4.79 Å². The Morgan fingerprint density at radius 1 is 1.15 bits per heavy atom. The first-order chi connectivity index (χ1) is 12.7. The number of rotatable bonds is 9. The average molecular weight is 351 g/mol. The molecular formula is C21H25N3O2. The Hall–Kier alpha value is -3.08. The van der Waals surface area contributed by atoms with Crippen molar-refractivity contribution < 1.29 is 9.53 Å². The molecular weight excluding hydrogens is 326 g/mol. The molecule has 5 nitrogen and oxygen atoms in total. The Kier molecular flexibility index (Phi) is 7.43. The minimum Gasteiger partial charge on any atom is -0.489 e. The highest BCUT2D eigenvalue weighted by Crippen LogP contribution is 2.18. The van der Waals surface area contributed by atoms with Crippen LogP contribution in [0.3, 0.4) is 0 Å². The van der Waals surface area contributed by atoms with Gasteiger partial charge in [-0.15, -0.1) is 0 Å². The van der Waals surface area contributed by atoms with E-state index in [-0.39, 0.29) is 5.91 Å². The molecule has 0 bridgehead atoms. The first kappa shape index (κ1) is 19.2. The predicted molar refractivity (Wildman–Crippen MR) is 107 cm³/mol. The summed E-state index contributed by atoms with van der Waals surface area (Å²) in [5.74, 6) is 0.185. The number of benzene rings is 2. The van der Waals surface area contributed by atoms with E-state index in [9.17, 15) is 4.79 Å². The van der Waals surface area contributed by atoms with Crippen LogP contribution in [0.15, 0.2) is 66.3 Å². The first-order valence-electron chi connectivity index (χ1n) is 8.70. The highest BCUT2D eigenvalue weighted by atomic mass is 16.5. The number of para-hydroxylation sites is 1. The monoisotopic (exact) mass is 351 g/mol. The highest BCUT2D eigenvalue weighted by molar-refractivity contribution is 5.97. The van der Waals surface area contributed by atoms with Crippen molar-refractivity contribution in [1.82, 2.24) is 5.43 Å². The van der Waals surface area contributed by atoms with Crippen LogP contribution in [0.25, 0.3) is 0 Å². The summed E-state index contributed by atoms with van der Waals surface area (Å²) in [6.07, 6.45) is 3.26. The van der Waals surface area contributed by atoms with Crippen LogP contribution in [0.1, 0.15) is 29.8 Å². The van der Waals surface area contributed by atoms with Gasteiger partial charge in [0.05, 0.1) is 11.8 Å². The average Bonchev–Trinajstić information content (AvgIpc) is 2.68. The Balaban J connectivity index is 2.00. The molecule has 0 aliphatic heterocycles. The van der Waals surface area contributed by atoms with Gasteiger partial charge in [0.1, 0.15) is 12.4 Å². The molecule has 1 amide bonds. The van der Waals surface area contributed by atoms with Gasteiger partial charge in [0.15, 0.2) is 0 Å². The van der Waals surface area contributed by atoms with Gasteiger partial charge < -0.3 is 9.64 Å². The molecule has 0 saturated heterocycles. The Morgan fingerprint density at radius 3 is 2.50 bits per heavy atom. The van der Waals surface area contributed by atoms with E-state index in [1.807, 2.05) is 18.2 Å². The van der Waals surface area contributed by atoms with Gasteiger partial charge in [0, 0.05) is 18.8 Å². The summed E-state index contributed by atoms with van der Waals surface area (Å²) in [5.41, 5.74) is 5.06. The molecule has 5 heteroatoms. The maximum Gasteiger partial charge on any atom is 0.275 e.